The first-order chi connectivity index (χ1) is 36.2. The molecule has 1 aliphatic rings. The lowest BCUT2D eigenvalue weighted by Gasteiger charge is -2.41. The van der Waals surface area contributed by atoms with Crippen molar-refractivity contribution < 1.29 is 47.4 Å². The van der Waals surface area contributed by atoms with E-state index in [4.69, 9.17) is 32.7 Å². The minimum atomic E-state index is -2.09. The molecule has 75 heavy (non-hydrogen) atoms. The average Bonchev–Trinajstić information content (AvgIpc) is 4.02. The highest BCUT2D eigenvalue weighted by atomic mass is 31.2. The molecule has 1 aliphatic heterocycles. The van der Waals surface area contributed by atoms with E-state index < -0.39 is 32.2 Å². The molecule has 8 rings (SSSR count). The summed E-state index contributed by atoms with van der Waals surface area (Å²) in [5, 5.41) is 16.3. The molecule has 17 nitrogen and oxygen atoms in total. The van der Waals surface area contributed by atoms with Gasteiger partial charge in [0.2, 0.25) is 5.79 Å². The molecule has 3 heterocycles. The maximum atomic E-state index is 14.0. The fraction of sp³-hybridized carbons (Fsp3) is 0.351. The lowest BCUT2D eigenvalue weighted by Crippen LogP contribution is -2.47. The number of hydrogen-bond donors (Lipinski definition) is 2. The van der Waals surface area contributed by atoms with Gasteiger partial charge in [-0.25, -0.2) is 19.6 Å². The van der Waals surface area contributed by atoms with E-state index in [1.165, 1.54) is 6.33 Å². The minimum absolute atomic E-state index is 0.0792. The maximum Gasteiger partial charge on any atom is 0.262 e. The number of carbonyl (C=O) groups excluding carboxylic acids is 2. The lowest BCUT2D eigenvalue weighted by molar-refractivity contribution is -0.201. The molecule has 2 amide bonds. The zero-order valence-electron chi connectivity index (χ0n) is 43.8. The number of aromatic nitrogens is 4. The van der Waals surface area contributed by atoms with Gasteiger partial charge in [0.25, 0.3) is 20.3 Å². The molecular formula is C57H66N7O10P. The first kappa shape index (κ1) is 54.4. The predicted molar refractivity (Wildman–Crippen MR) is 287 cm³/mol. The summed E-state index contributed by atoms with van der Waals surface area (Å²) in [4.78, 5) is 42.7. The molecule has 5 aromatic carbocycles. The van der Waals surface area contributed by atoms with E-state index in [1.807, 2.05) is 126 Å². The second-order valence-corrected chi connectivity index (χ2v) is 20.2. The number of amides is 2. The summed E-state index contributed by atoms with van der Waals surface area (Å²) in [5.41, 5.74) is 2.68. The van der Waals surface area contributed by atoms with Gasteiger partial charge in [0.1, 0.15) is 41.5 Å². The van der Waals surface area contributed by atoms with Crippen molar-refractivity contribution in [2.75, 3.05) is 46.4 Å². The van der Waals surface area contributed by atoms with Gasteiger partial charge >= 0.3 is 0 Å². The van der Waals surface area contributed by atoms with E-state index in [1.54, 1.807) is 85.7 Å². The predicted octanol–water partition coefficient (Wildman–Crippen LogP) is 10.0. The molecule has 0 radical (unpaired) electrons. The van der Waals surface area contributed by atoms with Gasteiger partial charge in [0.05, 0.1) is 47.3 Å². The van der Waals surface area contributed by atoms with Crippen molar-refractivity contribution in [3.63, 3.8) is 0 Å². The Hall–Kier alpha value is -6.82. The van der Waals surface area contributed by atoms with Crippen LogP contribution in [0.25, 0.3) is 11.2 Å². The minimum Gasteiger partial charge on any atom is -0.497 e. The highest BCUT2D eigenvalue weighted by molar-refractivity contribution is 7.44. The monoisotopic (exact) mass is 1040 g/mol. The SMILES string of the molecule is COc1ccc(C(=O)N(CCOP(O[C@]2(O)C[C@H](n3cnc4c(NC(=O)c5ccccc5)ncnc43)O[C@@H]2COC(c2ccccc2)(c2ccc(OC)cc2)c2ccc(OC)cc2)N(C(C)C)C(C)C)C(C)C)cc1. The molecule has 4 atom stereocenters. The number of ether oxygens (including phenoxy) is 5. The van der Waals surface area contributed by atoms with Crippen LogP contribution in [0.2, 0.25) is 0 Å². The number of benzene rings is 5. The van der Waals surface area contributed by atoms with Crippen LogP contribution < -0.4 is 19.5 Å². The fourth-order valence-corrected chi connectivity index (χ4v) is 11.0. The number of imidazole rings is 1. The Kier molecular flexibility index (Phi) is 17.6. The van der Waals surface area contributed by atoms with Gasteiger partial charge < -0.3 is 43.5 Å². The summed E-state index contributed by atoms with van der Waals surface area (Å²) >= 11 is 0. The first-order valence-electron chi connectivity index (χ1n) is 24.9. The number of rotatable bonds is 23. The van der Waals surface area contributed by atoms with Crippen LogP contribution in [-0.4, -0.2) is 117 Å². The van der Waals surface area contributed by atoms with Gasteiger partial charge in [-0.3, -0.25) is 18.7 Å². The number of fused-ring (bicyclic) bond motifs is 1. The molecule has 1 saturated heterocycles. The molecule has 2 aromatic heterocycles. The van der Waals surface area contributed by atoms with Crippen LogP contribution in [0.5, 0.6) is 17.2 Å². The number of hydrogen-bond acceptors (Lipinski definition) is 14. The van der Waals surface area contributed by atoms with Crippen molar-refractivity contribution in [2.45, 2.75) is 89.8 Å². The van der Waals surface area contributed by atoms with Gasteiger partial charge in [-0.05, 0) is 119 Å². The van der Waals surface area contributed by atoms with Gasteiger partial charge in [0, 0.05) is 35.8 Å². The summed E-state index contributed by atoms with van der Waals surface area (Å²) in [6.07, 6.45) is 0.635. The van der Waals surface area contributed by atoms with Crippen molar-refractivity contribution in [1.82, 2.24) is 29.1 Å². The topological polar surface area (TPSA) is 181 Å². The summed E-state index contributed by atoms with van der Waals surface area (Å²) in [6, 6.07) is 40.6. The number of nitrogens with one attached hydrogen (secondary N) is 1. The van der Waals surface area contributed by atoms with Crippen molar-refractivity contribution in [3.05, 3.63) is 174 Å². The molecular weight excluding hydrogens is 974 g/mol. The Labute approximate surface area is 439 Å². The zero-order valence-corrected chi connectivity index (χ0v) is 44.7. The van der Waals surface area contributed by atoms with E-state index in [0.29, 0.717) is 39.5 Å². The second kappa shape index (κ2) is 24.2. The van der Waals surface area contributed by atoms with E-state index >= 15 is 0 Å². The molecule has 0 bridgehead atoms. The van der Waals surface area contributed by atoms with Crippen LogP contribution in [0.3, 0.4) is 0 Å². The third-order valence-electron chi connectivity index (χ3n) is 13.1. The van der Waals surface area contributed by atoms with Crippen molar-refractivity contribution in [1.29, 1.82) is 0 Å². The highest BCUT2D eigenvalue weighted by Crippen LogP contribution is 2.54. The van der Waals surface area contributed by atoms with Gasteiger partial charge in [0.15, 0.2) is 17.0 Å². The molecule has 18 heteroatoms. The van der Waals surface area contributed by atoms with Gasteiger partial charge in [-0.15, -0.1) is 0 Å². The molecule has 0 spiro atoms. The standard InChI is InChI=1S/C57H66N7O10P/c1-38(2)62(55(66)42-20-26-46(68-7)27-21-42)32-33-72-75(64(39(3)4)40(5)6)74-56(67)34-50(63-37-60-51-52(58-36-59-53(51)63)61-54(65)41-16-12-10-13-17-41)73-49(56)35-71-57(43-18-14-11-15-19-43,44-22-28-47(69-8)29-23-44)45-24-30-48(70-9)31-25-45/h10-31,36-40,49-50,67H,32-35H2,1-9H3,(H,58,59,61,65)/t49-,50-,56-,75?/m1/s1. The van der Waals surface area contributed by atoms with Gasteiger partial charge in [-0.2, -0.15) is 0 Å². The Morgan fingerprint density at radius 1 is 0.733 bits per heavy atom. The Morgan fingerprint density at radius 2 is 1.28 bits per heavy atom. The summed E-state index contributed by atoms with van der Waals surface area (Å²) in [5.74, 6) is -0.453. The molecule has 2 N–H and O–H groups in total. The van der Waals surface area contributed by atoms with Gasteiger partial charge in [-0.1, -0.05) is 72.8 Å². The summed E-state index contributed by atoms with van der Waals surface area (Å²) < 4.78 is 48.5. The molecule has 1 fully saturated rings. The number of aliphatic hydroxyl groups is 1. The van der Waals surface area contributed by atoms with Crippen LogP contribution in [-0.2, 0) is 24.1 Å². The quantitative estimate of drug-likeness (QED) is 0.0351. The largest absolute Gasteiger partial charge is 0.497 e. The fourth-order valence-electron chi connectivity index (χ4n) is 9.31. The molecule has 7 aromatic rings. The summed E-state index contributed by atoms with van der Waals surface area (Å²) in [6.45, 7) is 12.2. The van der Waals surface area contributed by atoms with E-state index in [9.17, 15) is 14.7 Å². The smallest absolute Gasteiger partial charge is 0.262 e. The lowest BCUT2D eigenvalue weighted by atomic mass is 9.80. The van der Waals surface area contributed by atoms with Crippen molar-refractivity contribution >= 4 is 37.3 Å². The van der Waals surface area contributed by atoms with Crippen LogP contribution in [0.15, 0.2) is 146 Å². The molecule has 0 saturated carbocycles. The number of methoxy groups -OCH3 is 3. The van der Waals surface area contributed by atoms with Crippen LogP contribution in [0.1, 0.15) is 91.6 Å². The van der Waals surface area contributed by atoms with Crippen LogP contribution in [0.4, 0.5) is 5.82 Å². The van der Waals surface area contributed by atoms with Crippen molar-refractivity contribution in [2.24, 2.45) is 0 Å². The van der Waals surface area contributed by atoms with E-state index in [-0.39, 0.29) is 61.9 Å². The first-order valence-corrected chi connectivity index (χ1v) is 26.1. The summed E-state index contributed by atoms with van der Waals surface area (Å²) in [7, 11) is 2.73. The average molecular weight is 1040 g/mol. The van der Waals surface area contributed by atoms with E-state index in [0.717, 1.165) is 16.7 Å². The Balaban J connectivity index is 1.18. The highest BCUT2D eigenvalue weighted by Gasteiger charge is 2.54. The van der Waals surface area contributed by atoms with Crippen LogP contribution in [0, 0.1) is 0 Å². The number of carbonyl (C=O) groups is 2. The third-order valence-corrected chi connectivity index (χ3v) is 15.3. The maximum absolute atomic E-state index is 14.0. The third kappa shape index (κ3) is 12.0. The Morgan fingerprint density at radius 3 is 1.83 bits per heavy atom. The zero-order chi connectivity index (χ0) is 53.3. The molecule has 0 aliphatic carbocycles. The molecule has 394 valence electrons. The van der Waals surface area contributed by atoms with E-state index in [2.05, 4.69) is 24.9 Å². The van der Waals surface area contributed by atoms with Crippen LogP contribution >= 0.6 is 8.53 Å². The Bertz CT molecular complexity index is 2910. The number of nitrogens with zero attached hydrogens (tertiary/aromatic N) is 6. The normalized spacial score (nSPS) is 17.2. The van der Waals surface area contributed by atoms with Crippen molar-refractivity contribution in [3.8, 4) is 17.2 Å². The number of anilines is 1. The second-order valence-electron chi connectivity index (χ2n) is 18.9. The molecule has 1 unspecified atom stereocenters.